The standard InChI is InChI=1S/C24H27N3O8/c28-20-18-15-9-10-16(12-15)19(18)21(29)27(20)35-23(32)25-11-5-4-8-17(22(30)31)26-24(33)34-13-14-6-2-1-3-7-14/h1-3,6-7,9-10,15-19H,4-5,8,11-13H2,(H,25,32)(H,26,33)(H,30,31)/t15?,16?,17-,18?,19?/m0/s1. The second-order valence-corrected chi connectivity index (χ2v) is 8.87. The number of allylic oxidation sites excluding steroid dienone is 2. The SMILES string of the molecule is O=C(N[C@@H](CCCCNC(=O)ON1C(=O)C2C3C=CC(C3)C2C1=O)C(=O)O)OCc1ccccc1. The molecule has 11 nitrogen and oxygen atoms in total. The minimum Gasteiger partial charge on any atom is -0.480 e. The molecule has 4 rings (SSSR count). The van der Waals surface area contributed by atoms with Crippen LogP contribution in [0.1, 0.15) is 31.2 Å². The quantitative estimate of drug-likeness (QED) is 0.259. The first-order chi connectivity index (χ1) is 16.8. The Balaban J connectivity index is 1.13. The van der Waals surface area contributed by atoms with E-state index in [2.05, 4.69) is 10.6 Å². The third kappa shape index (κ3) is 5.44. The number of carbonyl (C=O) groups is 5. The normalized spacial score (nSPS) is 24.7. The highest BCUT2D eigenvalue weighted by Crippen LogP contribution is 2.52. The monoisotopic (exact) mass is 485 g/mol. The molecule has 1 aliphatic heterocycles. The molecule has 0 aromatic heterocycles. The molecule has 1 aromatic carbocycles. The van der Waals surface area contributed by atoms with Gasteiger partial charge in [-0.05, 0) is 43.1 Å². The minimum atomic E-state index is -1.20. The van der Waals surface area contributed by atoms with Crippen molar-refractivity contribution in [3.8, 4) is 0 Å². The molecule has 2 bridgehead atoms. The number of benzene rings is 1. The molecule has 4 unspecified atom stereocenters. The van der Waals surface area contributed by atoms with Crippen LogP contribution >= 0.6 is 0 Å². The van der Waals surface area contributed by atoms with Gasteiger partial charge in [0.1, 0.15) is 12.6 Å². The van der Waals surface area contributed by atoms with Gasteiger partial charge in [-0.2, -0.15) is 0 Å². The predicted molar refractivity (Wildman–Crippen MR) is 119 cm³/mol. The molecular formula is C24H27N3O8. The Hall–Kier alpha value is -3.89. The smallest absolute Gasteiger partial charge is 0.432 e. The van der Waals surface area contributed by atoms with Crippen molar-refractivity contribution in [1.29, 1.82) is 0 Å². The van der Waals surface area contributed by atoms with Crippen LogP contribution in [0.3, 0.4) is 0 Å². The number of hydrogen-bond donors (Lipinski definition) is 3. The van der Waals surface area contributed by atoms with Crippen LogP contribution in [0.25, 0.3) is 0 Å². The topological polar surface area (TPSA) is 151 Å². The number of hydroxylamine groups is 2. The number of nitrogens with zero attached hydrogens (tertiary/aromatic N) is 1. The van der Waals surface area contributed by atoms with E-state index < -0.39 is 47.8 Å². The maximum absolute atomic E-state index is 12.5. The maximum Gasteiger partial charge on any atom is 0.432 e. The number of carbonyl (C=O) groups excluding carboxylic acids is 4. The van der Waals surface area contributed by atoms with Crippen LogP contribution in [-0.2, 0) is 30.6 Å². The molecule has 2 fully saturated rings. The van der Waals surface area contributed by atoms with E-state index in [9.17, 15) is 29.1 Å². The van der Waals surface area contributed by atoms with E-state index in [1.54, 1.807) is 24.3 Å². The lowest BCUT2D eigenvalue weighted by Gasteiger charge is -2.16. The first-order valence-corrected chi connectivity index (χ1v) is 11.6. The van der Waals surface area contributed by atoms with Gasteiger partial charge in [-0.25, -0.2) is 14.4 Å². The molecule has 1 saturated carbocycles. The van der Waals surface area contributed by atoms with Gasteiger partial charge in [0.2, 0.25) is 0 Å². The van der Waals surface area contributed by atoms with E-state index >= 15 is 0 Å². The van der Waals surface area contributed by atoms with E-state index in [4.69, 9.17) is 9.57 Å². The van der Waals surface area contributed by atoms with Gasteiger partial charge in [0, 0.05) is 6.54 Å². The molecule has 35 heavy (non-hydrogen) atoms. The number of nitrogens with one attached hydrogen (secondary N) is 2. The largest absolute Gasteiger partial charge is 0.480 e. The zero-order valence-corrected chi connectivity index (χ0v) is 18.9. The van der Waals surface area contributed by atoms with Gasteiger partial charge in [0.05, 0.1) is 11.8 Å². The Morgan fingerprint density at radius 3 is 2.29 bits per heavy atom. The van der Waals surface area contributed by atoms with Crippen LogP contribution in [0.15, 0.2) is 42.5 Å². The van der Waals surface area contributed by atoms with Crippen molar-refractivity contribution >= 4 is 30.0 Å². The Bertz CT molecular complexity index is 997. The number of fused-ring (bicyclic) bond motifs is 5. The summed E-state index contributed by atoms with van der Waals surface area (Å²) in [5.41, 5.74) is 0.775. The van der Waals surface area contributed by atoms with Gasteiger partial charge in [-0.1, -0.05) is 42.5 Å². The number of alkyl carbamates (subject to hydrolysis) is 1. The third-order valence-corrected chi connectivity index (χ3v) is 6.60. The summed E-state index contributed by atoms with van der Waals surface area (Å²) in [5, 5.41) is 14.7. The lowest BCUT2D eigenvalue weighted by atomic mass is 9.85. The molecule has 5 atom stereocenters. The molecule has 11 heteroatoms. The van der Waals surface area contributed by atoms with E-state index in [1.807, 2.05) is 18.2 Å². The summed E-state index contributed by atoms with van der Waals surface area (Å²) >= 11 is 0. The summed E-state index contributed by atoms with van der Waals surface area (Å²) in [4.78, 5) is 65.4. The molecule has 1 aromatic rings. The number of unbranched alkanes of at least 4 members (excludes halogenated alkanes) is 1. The van der Waals surface area contributed by atoms with Crippen molar-refractivity contribution in [2.24, 2.45) is 23.7 Å². The zero-order chi connectivity index (χ0) is 24.9. The summed E-state index contributed by atoms with van der Waals surface area (Å²) in [5.74, 6) is -3.04. The first-order valence-electron chi connectivity index (χ1n) is 11.6. The molecule has 0 spiro atoms. The fourth-order valence-corrected chi connectivity index (χ4v) is 4.91. The fourth-order valence-electron chi connectivity index (χ4n) is 4.91. The minimum absolute atomic E-state index is 0.0181. The number of ether oxygens (including phenoxy) is 1. The fraction of sp³-hybridized carbons (Fsp3) is 0.458. The van der Waals surface area contributed by atoms with E-state index in [0.29, 0.717) is 17.9 Å². The van der Waals surface area contributed by atoms with E-state index in [0.717, 1.165) is 12.0 Å². The molecular weight excluding hydrogens is 458 g/mol. The van der Waals surface area contributed by atoms with Crippen molar-refractivity contribution in [2.75, 3.05) is 6.54 Å². The number of hydrogen-bond acceptors (Lipinski definition) is 7. The summed E-state index contributed by atoms with van der Waals surface area (Å²) in [6, 6.07) is 7.84. The Kier molecular flexibility index (Phi) is 7.33. The highest BCUT2D eigenvalue weighted by Gasteiger charge is 2.60. The number of rotatable bonds is 10. The second-order valence-electron chi connectivity index (χ2n) is 8.87. The lowest BCUT2D eigenvalue weighted by molar-refractivity contribution is -0.174. The first kappa shape index (κ1) is 24.2. The Morgan fingerprint density at radius 1 is 1.00 bits per heavy atom. The number of carboxylic acid groups (broad SMARTS) is 1. The van der Waals surface area contributed by atoms with E-state index in [1.165, 1.54) is 0 Å². The van der Waals surface area contributed by atoms with Crippen molar-refractivity contribution in [3.05, 3.63) is 48.0 Å². The molecule has 186 valence electrons. The van der Waals surface area contributed by atoms with Gasteiger partial charge < -0.3 is 25.3 Å². The summed E-state index contributed by atoms with van der Waals surface area (Å²) in [6.45, 7) is 0.159. The van der Waals surface area contributed by atoms with Crippen LogP contribution < -0.4 is 10.6 Å². The number of carboxylic acids is 1. The van der Waals surface area contributed by atoms with Gasteiger partial charge in [0.15, 0.2) is 0 Å². The van der Waals surface area contributed by atoms with Crippen molar-refractivity contribution in [3.63, 3.8) is 0 Å². The molecule has 2 aliphatic carbocycles. The molecule has 1 saturated heterocycles. The average Bonchev–Trinajstić information content (AvgIpc) is 3.52. The summed E-state index contributed by atoms with van der Waals surface area (Å²) in [6.07, 6.45) is 3.79. The van der Waals surface area contributed by atoms with Crippen molar-refractivity contribution < 1.29 is 38.7 Å². The van der Waals surface area contributed by atoms with Crippen LogP contribution in [0.2, 0.25) is 0 Å². The van der Waals surface area contributed by atoms with Crippen molar-refractivity contribution in [1.82, 2.24) is 15.7 Å². The molecule has 1 heterocycles. The number of aliphatic carboxylic acids is 1. The van der Waals surface area contributed by atoms with Gasteiger partial charge >= 0.3 is 18.2 Å². The number of imide groups is 1. The Labute approximate surface area is 201 Å². The summed E-state index contributed by atoms with van der Waals surface area (Å²) < 4.78 is 5.04. The highest BCUT2D eigenvalue weighted by molar-refractivity contribution is 6.06. The average molecular weight is 485 g/mol. The van der Waals surface area contributed by atoms with Gasteiger partial charge in [-0.3, -0.25) is 9.59 Å². The summed E-state index contributed by atoms with van der Waals surface area (Å²) in [7, 11) is 0. The van der Waals surface area contributed by atoms with Crippen molar-refractivity contribution in [2.45, 2.75) is 38.3 Å². The van der Waals surface area contributed by atoms with E-state index in [-0.39, 0.29) is 31.4 Å². The molecule has 3 N–H and O–H groups in total. The Morgan fingerprint density at radius 2 is 1.66 bits per heavy atom. The van der Waals surface area contributed by atoms with Crippen LogP contribution in [0.5, 0.6) is 0 Å². The van der Waals surface area contributed by atoms with Crippen LogP contribution in [0.4, 0.5) is 9.59 Å². The molecule has 0 radical (unpaired) electrons. The van der Waals surface area contributed by atoms with Gasteiger partial charge in [0.25, 0.3) is 11.8 Å². The molecule has 3 aliphatic rings. The highest BCUT2D eigenvalue weighted by atomic mass is 16.7. The van der Waals surface area contributed by atoms with Crippen LogP contribution in [0, 0.1) is 23.7 Å². The predicted octanol–water partition coefficient (Wildman–Crippen LogP) is 1.98. The molecule has 4 amide bonds. The van der Waals surface area contributed by atoms with Crippen LogP contribution in [-0.4, -0.2) is 52.7 Å². The maximum atomic E-state index is 12.5. The second kappa shape index (κ2) is 10.6. The zero-order valence-electron chi connectivity index (χ0n) is 18.9. The number of amides is 4. The lowest BCUT2D eigenvalue weighted by Crippen LogP contribution is -2.41. The van der Waals surface area contributed by atoms with Gasteiger partial charge in [-0.15, -0.1) is 5.06 Å². The third-order valence-electron chi connectivity index (χ3n) is 6.60.